The zero-order chi connectivity index (χ0) is 32.5. The van der Waals surface area contributed by atoms with E-state index in [1.165, 1.54) is 16.8 Å². The van der Waals surface area contributed by atoms with Gasteiger partial charge in [0.2, 0.25) is 0 Å². The van der Waals surface area contributed by atoms with Crippen LogP contribution in [0.3, 0.4) is 0 Å². The molecule has 2 saturated heterocycles. The van der Waals surface area contributed by atoms with Gasteiger partial charge in [-0.3, -0.25) is 0 Å². The van der Waals surface area contributed by atoms with Gasteiger partial charge in [-0.2, -0.15) is 0 Å². The maximum absolute atomic E-state index is 12.6. The van der Waals surface area contributed by atoms with Gasteiger partial charge in [0.05, 0.1) is 12.1 Å². The summed E-state index contributed by atoms with van der Waals surface area (Å²) in [6.45, 7) is 19.3. The second kappa shape index (κ2) is 16.0. The molecular formula is C36H54BrN3O4. The van der Waals surface area contributed by atoms with Crippen molar-refractivity contribution in [3.8, 4) is 0 Å². The molecule has 2 aromatic carbocycles. The molecule has 0 radical (unpaired) electrons. The van der Waals surface area contributed by atoms with Crippen molar-refractivity contribution in [1.82, 2.24) is 9.80 Å². The number of anilines is 1. The molecule has 4 rings (SSSR count). The number of rotatable bonds is 5. The van der Waals surface area contributed by atoms with E-state index in [0.29, 0.717) is 0 Å². The number of hydrogen-bond donors (Lipinski definition) is 0. The van der Waals surface area contributed by atoms with Crippen molar-refractivity contribution in [2.24, 2.45) is 0 Å². The van der Waals surface area contributed by atoms with Gasteiger partial charge in [0.1, 0.15) is 11.2 Å². The highest BCUT2D eigenvalue weighted by Crippen LogP contribution is 2.35. The number of carbonyl (C=O) groups excluding carboxylic acids is 2. The fourth-order valence-corrected chi connectivity index (χ4v) is 6.28. The number of benzene rings is 2. The van der Waals surface area contributed by atoms with Crippen LogP contribution in [0.1, 0.15) is 117 Å². The number of ether oxygens (including phenoxy) is 2. The molecule has 244 valence electrons. The lowest BCUT2D eigenvalue weighted by atomic mass is 9.95. The first kappa shape index (κ1) is 35.7. The van der Waals surface area contributed by atoms with Crippen LogP contribution < -0.4 is 4.90 Å². The minimum Gasteiger partial charge on any atom is -0.444 e. The first-order chi connectivity index (χ1) is 20.7. The number of likely N-dealkylation sites (tertiary alicyclic amines) is 2. The van der Waals surface area contributed by atoms with Crippen molar-refractivity contribution < 1.29 is 19.1 Å². The van der Waals surface area contributed by atoms with Crippen molar-refractivity contribution >= 4 is 33.8 Å². The first-order valence-corrected chi connectivity index (χ1v) is 17.1. The zero-order valence-corrected chi connectivity index (χ0v) is 29.8. The summed E-state index contributed by atoms with van der Waals surface area (Å²) in [5.74, 6) is 0. The number of halogens is 1. The molecule has 8 heteroatoms. The Labute approximate surface area is 274 Å². The van der Waals surface area contributed by atoms with E-state index in [1.807, 2.05) is 63.5 Å². The summed E-state index contributed by atoms with van der Waals surface area (Å²) in [5, 5.41) is 0. The predicted octanol–water partition coefficient (Wildman–Crippen LogP) is 9.91. The Balaban J connectivity index is 0.000000244. The van der Waals surface area contributed by atoms with Crippen LogP contribution in [0.2, 0.25) is 0 Å². The van der Waals surface area contributed by atoms with Gasteiger partial charge in [0, 0.05) is 36.3 Å². The molecule has 44 heavy (non-hydrogen) atoms. The Morgan fingerprint density at radius 1 is 0.750 bits per heavy atom. The summed E-state index contributed by atoms with van der Waals surface area (Å²) in [7, 11) is 0. The van der Waals surface area contributed by atoms with Crippen molar-refractivity contribution in [3.05, 3.63) is 64.1 Å². The summed E-state index contributed by atoms with van der Waals surface area (Å²) in [6.07, 6.45) is 5.99. The predicted molar refractivity (Wildman–Crippen MR) is 183 cm³/mol. The monoisotopic (exact) mass is 671 g/mol. The lowest BCUT2D eigenvalue weighted by molar-refractivity contribution is 0.00852. The van der Waals surface area contributed by atoms with Gasteiger partial charge in [0.25, 0.3) is 0 Å². The van der Waals surface area contributed by atoms with E-state index in [0.717, 1.165) is 69.2 Å². The third-order valence-corrected chi connectivity index (χ3v) is 8.37. The van der Waals surface area contributed by atoms with Crippen molar-refractivity contribution in [2.75, 3.05) is 31.1 Å². The van der Waals surface area contributed by atoms with Crippen LogP contribution in [0.15, 0.2) is 53.0 Å². The average Bonchev–Trinajstić information content (AvgIpc) is 2.96. The molecule has 2 aromatic rings. The number of carbonyl (C=O) groups is 2. The normalized spacial score (nSPS) is 19.0. The molecule has 2 aliphatic rings. The highest BCUT2D eigenvalue weighted by molar-refractivity contribution is 9.10. The molecule has 0 N–H and O–H groups in total. The van der Waals surface area contributed by atoms with Gasteiger partial charge in [-0.15, -0.1) is 0 Å². The SMILES string of the molecule is CC(C)(C)OC(=O)N1CCCCC1c1cccc(Br)c1.CCN(CC)c1cccc(C2CCCCN2C(=O)OC(C)(C)C)c1. The van der Waals surface area contributed by atoms with E-state index in [-0.39, 0.29) is 24.3 Å². The van der Waals surface area contributed by atoms with E-state index in [2.05, 4.69) is 71.1 Å². The zero-order valence-electron chi connectivity index (χ0n) is 28.2. The highest BCUT2D eigenvalue weighted by Gasteiger charge is 2.33. The molecule has 2 unspecified atom stereocenters. The number of piperidine rings is 2. The summed E-state index contributed by atoms with van der Waals surface area (Å²) in [5.41, 5.74) is 2.71. The Morgan fingerprint density at radius 2 is 1.20 bits per heavy atom. The fraction of sp³-hybridized carbons (Fsp3) is 0.611. The van der Waals surface area contributed by atoms with Crippen LogP contribution in [0, 0.1) is 0 Å². The fourth-order valence-electron chi connectivity index (χ4n) is 5.87. The van der Waals surface area contributed by atoms with E-state index in [9.17, 15) is 9.59 Å². The quantitative estimate of drug-likeness (QED) is 0.317. The van der Waals surface area contributed by atoms with Crippen molar-refractivity contribution in [1.29, 1.82) is 0 Å². The minimum atomic E-state index is -0.456. The van der Waals surface area contributed by atoms with Gasteiger partial charge in [-0.1, -0.05) is 40.2 Å². The third-order valence-electron chi connectivity index (χ3n) is 7.88. The molecule has 0 aromatic heterocycles. The summed E-state index contributed by atoms with van der Waals surface area (Å²) in [4.78, 5) is 31.1. The molecule has 2 fully saturated rings. The Bertz CT molecular complexity index is 1220. The molecule has 0 bridgehead atoms. The molecule has 0 saturated carbocycles. The maximum Gasteiger partial charge on any atom is 0.410 e. The van der Waals surface area contributed by atoms with Crippen molar-refractivity contribution in [3.63, 3.8) is 0 Å². The molecular weight excluding hydrogens is 618 g/mol. The highest BCUT2D eigenvalue weighted by atomic mass is 79.9. The molecule has 2 atom stereocenters. The summed E-state index contributed by atoms with van der Waals surface area (Å²) in [6, 6.07) is 17.1. The molecule has 7 nitrogen and oxygen atoms in total. The van der Waals surface area contributed by atoms with Crippen LogP contribution >= 0.6 is 15.9 Å². The second-order valence-electron chi connectivity index (χ2n) is 13.7. The molecule has 0 spiro atoms. The van der Waals surface area contributed by atoms with E-state index < -0.39 is 11.2 Å². The van der Waals surface area contributed by atoms with Crippen LogP contribution in [0.4, 0.5) is 15.3 Å². The Kier molecular flexibility index (Phi) is 13.0. The largest absolute Gasteiger partial charge is 0.444 e. The van der Waals surface area contributed by atoms with Gasteiger partial charge >= 0.3 is 12.2 Å². The molecule has 2 heterocycles. The Hall–Kier alpha value is -2.74. The first-order valence-electron chi connectivity index (χ1n) is 16.3. The van der Waals surface area contributed by atoms with Gasteiger partial charge < -0.3 is 24.2 Å². The van der Waals surface area contributed by atoms with Crippen LogP contribution in [0.5, 0.6) is 0 Å². The smallest absolute Gasteiger partial charge is 0.410 e. The molecule has 2 aliphatic heterocycles. The van der Waals surface area contributed by atoms with E-state index >= 15 is 0 Å². The van der Waals surface area contributed by atoms with Crippen LogP contribution in [0.25, 0.3) is 0 Å². The van der Waals surface area contributed by atoms with Crippen LogP contribution in [-0.2, 0) is 9.47 Å². The second-order valence-corrected chi connectivity index (χ2v) is 14.6. The standard InChI is InChI=1S/C20H32N2O2.C16H22BrNO2/c1-6-21(7-2)17-12-10-11-16(15-17)18-13-8-9-14-22(18)19(23)24-20(3,4)5;1-16(2,3)20-15(19)18-10-5-4-9-14(18)12-7-6-8-13(17)11-12/h10-12,15,18H,6-9,13-14H2,1-5H3;6-8,11,14H,4-5,9-10H2,1-3H3. The maximum atomic E-state index is 12.6. The third kappa shape index (κ3) is 10.7. The van der Waals surface area contributed by atoms with Gasteiger partial charge in [-0.05, 0) is 129 Å². The number of nitrogens with zero attached hydrogens (tertiary/aromatic N) is 3. The molecule has 2 amide bonds. The van der Waals surface area contributed by atoms with E-state index in [1.54, 1.807) is 0 Å². The lowest BCUT2D eigenvalue weighted by Gasteiger charge is -2.37. The van der Waals surface area contributed by atoms with Crippen LogP contribution in [-0.4, -0.2) is 59.4 Å². The topological polar surface area (TPSA) is 62.3 Å². The number of amides is 2. The lowest BCUT2D eigenvalue weighted by Crippen LogP contribution is -2.41. The van der Waals surface area contributed by atoms with Crippen molar-refractivity contribution in [2.45, 2.75) is 117 Å². The molecule has 0 aliphatic carbocycles. The minimum absolute atomic E-state index is 0.115. The summed E-state index contributed by atoms with van der Waals surface area (Å²) >= 11 is 3.50. The van der Waals surface area contributed by atoms with Gasteiger partial charge in [-0.25, -0.2) is 9.59 Å². The number of hydrogen-bond acceptors (Lipinski definition) is 5. The Morgan fingerprint density at radius 3 is 1.64 bits per heavy atom. The average molecular weight is 673 g/mol. The van der Waals surface area contributed by atoms with E-state index in [4.69, 9.17) is 9.47 Å². The van der Waals surface area contributed by atoms with Gasteiger partial charge in [0.15, 0.2) is 0 Å². The summed E-state index contributed by atoms with van der Waals surface area (Å²) < 4.78 is 12.2.